The van der Waals surface area contributed by atoms with Gasteiger partial charge in [0.15, 0.2) is 11.2 Å². The normalized spacial score (nSPS) is 15.9. The minimum absolute atomic E-state index is 0.110. The number of halogens is 1. The van der Waals surface area contributed by atoms with Crippen LogP contribution >= 0.6 is 11.6 Å². The Kier molecular flexibility index (Phi) is 4.93. The molecule has 1 unspecified atom stereocenters. The molecule has 164 valence electrons. The van der Waals surface area contributed by atoms with Gasteiger partial charge >= 0.3 is 5.69 Å². The Hall–Kier alpha value is -3.32. The van der Waals surface area contributed by atoms with Gasteiger partial charge < -0.3 is 9.47 Å². The predicted octanol–water partition coefficient (Wildman–Crippen LogP) is 3.69. The maximum absolute atomic E-state index is 13.6. The summed E-state index contributed by atoms with van der Waals surface area (Å²) in [5.41, 5.74) is 2.99. The monoisotopic (exact) mass is 449 g/mol. The molecular weight excluding hydrogens is 426 g/mol. The van der Waals surface area contributed by atoms with Gasteiger partial charge in [-0.15, -0.1) is 0 Å². The Morgan fingerprint density at radius 1 is 1.06 bits per heavy atom. The molecule has 7 nitrogen and oxygen atoms in total. The van der Waals surface area contributed by atoms with E-state index in [-0.39, 0.29) is 12.1 Å². The Labute approximate surface area is 190 Å². The van der Waals surface area contributed by atoms with Crippen LogP contribution in [0, 0.1) is 12.8 Å². The van der Waals surface area contributed by atoms with Crippen molar-refractivity contribution in [2.75, 3.05) is 11.4 Å². The summed E-state index contributed by atoms with van der Waals surface area (Å²) in [4.78, 5) is 33.6. The van der Waals surface area contributed by atoms with Crippen LogP contribution in [-0.2, 0) is 20.1 Å². The number of para-hydroxylation sites is 1. The molecule has 0 N–H and O–H groups in total. The highest BCUT2D eigenvalue weighted by atomic mass is 35.5. The summed E-state index contributed by atoms with van der Waals surface area (Å²) in [7, 11) is 1.66. The van der Waals surface area contributed by atoms with E-state index in [2.05, 4.69) is 30.9 Å². The van der Waals surface area contributed by atoms with Gasteiger partial charge in [-0.3, -0.25) is 13.9 Å². The number of aromatic nitrogens is 4. The first-order valence-electron chi connectivity index (χ1n) is 10.6. The van der Waals surface area contributed by atoms with Gasteiger partial charge in [0, 0.05) is 30.8 Å². The number of nitrogens with zero attached hydrogens (tertiary/aromatic N) is 5. The van der Waals surface area contributed by atoms with Crippen molar-refractivity contribution in [3.8, 4) is 0 Å². The molecule has 0 radical (unpaired) electrons. The Morgan fingerprint density at radius 2 is 1.78 bits per heavy atom. The molecule has 0 saturated carbocycles. The van der Waals surface area contributed by atoms with Crippen molar-refractivity contribution in [3.05, 3.63) is 85.5 Å². The lowest BCUT2D eigenvalue weighted by Gasteiger charge is -2.33. The Morgan fingerprint density at radius 3 is 2.53 bits per heavy atom. The van der Waals surface area contributed by atoms with Crippen LogP contribution in [0.1, 0.15) is 18.1 Å². The third kappa shape index (κ3) is 3.15. The fourth-order valence-corrected chi connectivity index (χ4v) is 4.71. The molecule has 5 rings (SSSR count). The molecule has 0 amide bonds. The van der Waals surface area contributed by atoms with E-state index in [1.54, 1.807) is 13.1 Å². The number of hydrogen-bond acceptors (Lipinski definition) is 4. The minimum atomic E-state index is -0.409. The molecule has 1 atom stereocenters. The van der Waals surface area contributed by atoms with Crippen molar-refractivity contribution in [1.82, 2.24) is 18.7 Å². The highest BCUT2D eigenvalue weighted by molar-refractivity contribution is 6.31. The van der Waals surface area contributed by atoms with E-state index in [0.29, 0.717) is 34.6 Å². The van der Waals surface area contributed by atoms with Crippen LogP contribution in [0.5, 0.6) is 0 Å². The van der Waals surface area contributed by atoms with E-state index in [9.17, 15) is 9.59 Å². The molecule has 0 aliphatic carbocycles. The van der Waals surface area contributed by atoms with Gasteiger partial charge in [0.2, 0.25) is 5.95 Å². The molecule has 8 heteroatoms. The first kappa shape index (κ1) is 20.6. The molecule has 0 fully saturated rings. The van der Waals surface area contributed by atoms with Crippen LogP contribution in [0.25, 0.3) is 11.2 Å². The Balaban J connectivity index is 1.75. The number of fused-ring (bicyclic) bond motifs is 3. The maximum atomic E-state index is 13.6. The van der Waals surface area contributed by atoms with E-state index >= 15 is 0 Å². The molecular formula is C24H24ClN5O2. The van der Waals surface area contributed by atoms with Gasteiger partial charge in [-0.25, -0.2) is 4.79 Å². The lowest BCUT2D eigenvalue weighted by molar-refractivity contribution is 0.457. The zero-order valence-corrected chi connectivity index (χ0v) is 19.0. The molecule has 2 aromatic carbocycles. The van der Waals surface area contributed by atoms with Gasteiger partial charge in [-0.1, -0.05) is 54.9 Å². The lowest BCUT2D eigenvalue weighted by atomic mass is 10.1. The number of benzene rings is 2. The summed E-state index contributed by atoms with van der Waals surface area (Å²) in [6.45, 7) is 5.78. The quantitative estimate of drug-likeness (QED) is 0.478. The maximum Gasteiger partial charge on any atom is 0.332 e. The van der Waals surface area contributed by atoms with Gasteiger partial charge in [0.1, 0.15) is 0 Å². The first-order valence-corrected chi connectivity index (χ1v) is 11.0. The van der Waals surface area contributed by atoms with Crippen LogP contribution in [0.15, 0.2) is 58.1 Å². The number of hydrogen-bond donors (Lipinski definition) is 0. The molecule has 4 aromatic rings. The minimum Gasteiger partial charge on any atom is -0.311 e. The van der Waals surface area contributed by atoms with Gasteiger partial charge in [-0.2, -0.15) is 4.98 Å². The second kappa shape index (κ2) is 7.67. The van der Waals surface area contributed by atoms with E-state index in [0.717, 1.165) is 23.4 Å². The third-order valence-corrected chi connectivity index (χ3v) is 6.50. The van der Waals surface area contributed by atoms with E-state index in [4.69, 9.17) is 16.6 Å². The van der Waals surface area contributed by atoms with E-state index in [1.807, 2.05) is 34.9 Å². The smallest absolute Gasteiger partial charge is 0.311 e. The van der Waals surface area contributed by atoms with Crippen molar-refractivity contribution in [3.63, 3.8) is 0 Å². The van der Waals surface area contributed by atoms with Crippen molar-refractivity contribution >= 4 is 34.4 Å². The zero-order chi connectivity index (χ0) is 22.6. The number of imidazole rings is 1. The molecule has 1 aliphatic rings. The fourth-order valence-electron chi connectivity index (χ4n) is 4.51. The standard InChI is InChI=1S/C24H24ClN5O2/c1-15-12-28(19-11-7-4-8-16(19)2)23-26-21-20(29(23)13-15)22(31)30(24(32)27(21)3)14-17-9-5-6-10-18(17)25/h4-11,15H,12-14H2,1-3H3. The summed E-state index contributed by atoms with van der Waals surface area (Å²) in [6, 6.07) is 15.4. The third-order valence-electron chi connectivity index (χ3n) is 6.13. The number of anilines is 2. The summed E-state index contributed by atoms with van der Waals surface area (Å²) < 4.78 is 4.66. The fraction of sp³-hybridized carbons (Fsp3) is 0.292. The molecule has 3 heterocycles. The van der Waals surface area contributed by atoms with Crippen molar-refractivity contribution in [2.45, 2.75) is 26.9 Å². The summed E-state index contributed by atoms with van der Waals surface area (Å²) >= 11 is 6.30. The van der Waals surface area contributed by atoms with E-state index in [1.165, 1.54) is 9.13 Å². The van der Waals surface area contributed by atoms with Crippen LogP contribution in [0.2, 0.25) is 5.02 Å². The molecule has 2 aromatic heterocycles. The van der Waals surface area contributed by atoms with Gasteiger partial charge in [-0.05, 0) is 36.1 Å². The topological polar surface area (TPSA) is 65.1 Å². The SMILES string of the molecule is Cc1ccccc1N1CC(C)Cn2c1nc1c2c(=O)n(Cc2ccccc2Cl)c(=O)n1C. The molecule has 1 aliphatic heterocycles. The Bertz CT molecular complexity index is 1470. The van der Waals surface area contributed by atoms with Crippen molar-refractivity contribution < 1.29 is 0 Å². The zero-order valence-electron chi connectivity index (χ0n) is 18.2. The summed E-state index contributed by atoms with van der Waals surface area (Å²) in [5.74, 6) is 0.989. The van der Waals surface area contributed by atoms with Gasteiger partial charge in [0.05, 0.1) is 6.54 Å². The second-order valence-electron chi connectivity index (χ2n) is 8.52. The van der Waals surface area contributed by atoms with Crippen LogP contribution in [0.4, 0.5) is 11.6 Å². The summed E-state index contributed by atoms with van der Waals surface area (Å²) in [6.07, 6.45) is 0. The molecule has 32 heavy (non-hydrogen) atoms. The first-order chi connectivity index (χ1) is 15.4. The van der Waals surface area contributed by atoms with Crippen LogP contribution < -0.4 is 16.1 Å². The largest absolute Gasteiger partial charge is 0.332 e. The molecule has 0 bridgehead atoms. The van der Waals surface area contributed by atoms with Gasteiger partial charge in [0.25, 0.3) is 5.56 Å². The van der Waals surface area contributed by atoms with Crippen LogP contribution in [0.3, 0.4) is 0 Å². The highest BCUT2D eigenvalue weighted by Crippen LogP contribution is 2.34. The number of aryl methyl sites for hydroxylation is 2. The average molecular weight is 450 g/mol. The van der Waals surface area contributed by atoms with Crippen molar-refractivity contribution in [1.29, 1.82) is 0 Å². The number of rotatable bonds is 3. The highest BCUT2D eigenvalue weighted by Gasteiger charge is 2.30. The molecule has 0 saturated heterocycles. The average Bonchev–Trinajstić information content (AvgIpc) is 3.16. The lowest BCUT2D eigenvalue weighted by Crippen LogP contribution is -2.40. The van der Waals surface area contributed by atoms with Crippen LogP contribution in [-0.4, -0.2) is 25.2 Å². The predicted molar refractivity (Wildman–Crippen MR) is 127 cm³/mol. The molecule has 0 spiro atoms. The second-order valence-corrected chi connectivity index (χ2v) is 8.93. The summed E-state index contributed by atoms with van der Waals surface area (Å²) in [5, 5.41) is 0.524. The van der Waals surface area contributed by atoms with E-state index < -0.39 is 5.69 Å². The van der Waals surface area contributed by atoms with Crippen molar-refractivity contribution in [2.24, 2.45) is 13.0 Å².